The van der Waals surface area contributed by atoms with Gasteiger partial charge in [-0.3, -0.25) is 14.8 Å². The highest BCUT2D eigenvalue weighted by atomic mass is 16.2. The maximum Gasteiger partial charge on any atom is 0.322 e. The summed E-state index contributed by atoms with van der Waals surface area (Å²) in [6, 6.07) is 1.36. The number of aryl methyl sites for hydroxylation is 1. The Morgan fingerprint density at radius 2 is 2.05 bits per heavy atom. The van der Waals surface area contributed by atoms with Crippen molar-refractivity contribution in [2.24, 2.45) is 7.05 Å². The zero-order chi connectivity index (χ0) is 15.4. The van der Waals surface area contributed by atoms with Crippen LogP contribution in [0.15, 0.2) is 18.5 Å². The first-order valence-corrected chi connectivity index (χ1v) is 6.12. The van der Waals surface area contributed by atoms with Gasteiger partial charge in [0.1, 0.15) is 12.4 Å². The fraction of sp³-hybridized carbons (Fsp3) is 0.364. The van der Waals surface area contributed by atoms with Crippen molar-refractivity contribution in [2.75, 3.05) is 24.7 Å². The number of aromatic nitrogens is 5. The Kier molecular flexibility index (Phi) is 4.16. The minimum atomic E-state index is -0.318. The molecule has 0 saturated heterocycles. The molecule has 0 spiro atoms. The molecule has 0 aromatic carbocycles. The van der Waals surface area contributed by atoms with E-state index in [0.29, 0.717) is 5.82 Å². The number of anilines is 2. The van der Waals surface area contributed by atoms with Gasteiger partial charge in [0.15, 0.2) is 5.82 Å². The Bertz CT molecular complexity index is 644. The molecule has 112 valence electrons. The van der Waals surface area contributed by atoms with E-state index < -0.39 is 0 Å². The summed E-state index contributed by atoms with van der Waals surface area (Å²) in [5, 5.41) is 17.0. The van der Waals surface area contributed by atoms with Gasteiger partial charge in [-0.25, -0.2) is 4.79 Å². The van der Waals surface area contributed by atoms with E-state index in [1.807, 2.05) is 0 Å². The normalized spacial score (nSPS) is 10.2. The topological polar surface area (TPSA) is 110 Å². The quantitative estimate of drug-likeness (QED) is 0.807. The van der Waals surface area contributed by atoms with Crippen molar-refractivity contribution in [3.05, 3.63) is 18.5 Å². The second-order valence-electron chi connectivity index (χ2n) is 4.47. The molecule has 0 fully saturated rings. The van der Waals surface area contributed by atoms with Gasteiger partial charge in [0, 0.05) is 27.2 Å². The van der Waals surface area contributed by atoms with Gasteiger partial charge < -0.3 is 10.2 Å². The Morgan fingerprint density at radius 1 is 1.29 bits per heavy atom. The second-order valence-corrected chi connectivity index (χ2v) is 4.47. The van der Waals surface area contributed by atoms with Gasteiger partial charge >= 0.3 is 6.03 Å². The van der Waals surface area contributed by atoms with Gasteiger partial charge in [-0.15, -0.1) is 5.10 Å². The molecule has 0 aliphatic heterocycles. The summed E-state index contributed by atoms with van der Waals surface area (Å²) in [5.74, 6) is 0.565. The Labute approximate surface area is 120 Å². The lowest BCUT2D eigenvalue weighted by atomic mass is 10.5. The fourth-order valence-electron chi connectivity index (χ4n) is 1.46. The summed E-state index contributed by atoms with van der Waals surface area (Å²) in [6.45, 7) is -0.0665. The predicted molar refractivity (Wildman–Crippen MR) is 74.6 cm³/mol. The molecule has 2 N–H and O–H groups in total. The summed E-state index contributed by atoms with van der Waals surface area (Å²) < 4.78 is 1.54. The third kappa shape index (κ3) is 3.78. The van der Waals surface area contributed by atoms with Crippen molar-refractivity contribution in [3.63, 3.8) is 0 Å². The molecule has 0 saturated carbocycles. The largest absolute Gasteiger partial charge is 0.331 e. The van der Waals surface area contributed by atoms with Gasteiger partial charge in [-0.2, -0.15) is 15.0 Å². The van der Waals surface area contributed by atoms with Gasteiger partial charge in [0.05, 0.1) is 12.4 Å². The van der Waals surface area contributed by atoms with Crippen molar-refractivity contribution >= 4 is 23.6 Å². The van der Waals surface area contributed by atoms with Crippen LogP contribution in [0, 0.1) is 0 Å². The summed E-state index contributed by atoms with van der Waals surface area (Å²) in [5.41, 5.74) is 0. The zero-order valence-electron chi connectivity index (χ0n) is 11.9. The standard InChI is InChI=1S/C11H16N8O2/c1-17(2)11(21)14-8-6-13-19(16-8)7-10(20)15-9-4-5-12-18(9)3/h4-6H,7H2,1-3H3,(H,15,20)(H,14,16,21). The molecule has 10 nitrogen and oxygen atoms in total. The second kappa shape index (κ2) is 6.03. The predicted octanol–water partition coefficient (Wildman–Crippen LogP) is -0.256. The van der Waals surface area contributed by atoms with E-state index in [0.717, 1.165) is 0 Å². The van der Waals surface area contributed by atoms with Gasteiger partial charge in [-0.05, 0) is 0 Å². The van der Waals surface area contributed by atoms with Gasteiger partial charge in [0.2, 0.25) is 5.91 Å². The molecule has 2 rings (SSSR count). The molecule has 2 aromatic rings. The van der Waals surface area contributed by atoms with Crippen molar-refractivity contribution in [3.8, 4) is 0 Å². The molecule has 2 aromatic heterocycles. The van der Waals surface area contributed by atoms with E-state index in [2.05, 4.69) is 25.9 Å². The third-order valence-corrected chi connectivity index (χ3v) is 2.55. The highest BCUT2D eigenvalue weighted by Gasteiger charge is 2.10. The van der Waals surface area contributed by atoms with Crippen molar-refractivity contribution in [1.82, 2.24) is 29.7 Å². The van der Waals surface area contributed by atoms with Crippen molar-refractivity contribution < 1.29 is 9.59 Å². The van der Waals surface area contributed by atoms with E-state index in [-0.39, 0.29) is 24.3 Å². The number of hydrogen-bond acceptors (Lipinski definition) is 5. The van der Waals surface area contributed by atoms with Crippen LogP contribution in [0.1, 0.15) is 0 Å². The van der Waals surface area contributed by atoms with Crippen LogP contribution in [-0.2, 0) is 18.4 Å². The molecule has 21 heavy (non-hydrogen) atoms. The average molecular weight is 292 g/mol. The summed E-state index contributed by atoms with van der Waals surface area (Å²) in [4.78, 5) is 25.8. The number of nitrogens with one attached hydrogen (secondary N) is 2. The molecule has 0 bridgehead atoms. The molecule has 2 heterocycles. The van der Waals surface area contributed by atoms with E-state index in [9.17, 15) is 9.59 Å². The number of carbonyl (C=O) groups excluding carboxylic acids is 2. The summed E-state index contributed by atoms with van der Waals surface area (Å²) in [6.07, 6.45) is 2.95. The van der Waals surface area contributed by atoms with Gasteiger partial charge in [0.25, 0.3) is 0 Å². The van der Waals surface area contributed by atoms with Crippen molar-refractivity contribution in [1.29, 1.82) is 0 Å². The number of nitrogens with zero attached hydrogens (tertiary/aromatic N) is 6. The maximum atomic E-state index is 11.8. The van der Waals surface area contributed by atoms with Crippen LogP contribution in [0.3, 0.4) is 0 Å². The van der Waals surface area contributed by atoms with E-state index in [1.165, 1.54) is 20.6 Å². The van der Waals surface area contributed by atoms with E-state index in [4.69, 9.17) is 0 Å². The minimum absolute atomic E-state index is 0.0665. The first kappa shape index (κ1) is 14.5. The van der Waals surface area contributed by atoms with Crippen LogP contribution in [0.2, 0.25) is 0 Å². The maximum absolute atomic E-state index is 11.8. The first-order chi connectivity index (χ1) is 9.95. The van der Waals surface area contributed by atoms with E-state index in [1.54, 1.807) is 33.4 Å². The lowest BCUT2D eigenvalue weighted by molar-refractivity contribution is -0.117. The van der Waals surface area contributed by atoms with Gasteiger partial charge in [-0.1, -0.05) is 0 Å². The summed E-state index contributed by atoms with van der Waals surface area (Å²) >= 11 is 0. The van der Waals surface area contributed by atoms with Crippen LogP contribution in [0.4, 0.5) is 16.4 Å². The molecule has 10 heteroatoms. The lowest BCUT2D eigenvalue weighted by Gasteiger charge is -2.09. The Balaban J connectivity index is 1.91. The minimum Gasteiger partial charge on any atom is -0.331 e. The molecule has 0 aliphatic rings. The van der Waals surface area contributed by atoms with Crippen LogP contribution in [0.5, 0.6) is 0 Å². The summed E-state index contributed by atoms with van der Waals surface area (Å²) in [7, 11) is 4.94. The van der Waals surface area contributed by atoms with Crippen LogP contribution in [0.25, 0.3) is 0 Å². The fourth-order valence-corrected chi connectivity index (χ4v) is 1.46. The molecular weight excluding hydrogens is 276 g/mol. The number of hydrogen-bond donors (Lipinski definition) is 2. The SMILES string of the molecule is CN(C)C(=O)Nc1cnn(CC(=O)Nc2ccnn2C)n1. The molecule has 0 radical (unpaired) electrons. The Hall–Kier alpha value is -2.91. The number of rotatable bonds is 4. The third-order valence-electron chi connectivity index (χ3n) is 2.55. The Morgan fingerprint density at radius 3 is 2.67 bits per heavy atom. The molecule has 0 unspecified atom stereocenters. The molecule has 0 aliphatic carbocycles. The number of amides is 3. The molecule has 3 amide bonds. The van der Waals surface area contributed by atoms with Crippen molar-refractivity contribution in [2.45, 2.75) is 6.54 Å². The highest BCUT2D eigenvalue weighted by molar-refractivity contribution is 5.89. The van der Waals surface area contributed by atoms with Crippen LogP contribution < -0.4 is 10.6 Å². The monoisotopic (exact) mass is 292 g/mol. The highest BCUT2D eigenvalue weighted by Crippen LogP contribution is 2.04. The van der Waals surface area contributed by atoms with Crippen LogP contribution in [-0.4, -0.2) is 55.7 Å². The average Bonchev–Trinajstić information content (AvgIpc) is 3.00. The smallest absolute Gasteiger partial charge is 0.322 e. The van der Waals surface area contributed by atoms with E-state index >= 15 is 0 Å². The van der Waals surface area contributed by atoms with Crippen LogP contribution >= 0.6 is 0 Å². The lowest BCUT2D eigenvalue weighted by Crippen LogP contribution is -2.27. The molecular formula is C11H16N8O2. The zero-order valence-corrected chi connectivity index (χ0v) is 11.9. The number of urea groups is 1. The first-order valence-electron chi connectivity index (χ1n) is 6.12. The molecule has 0 atom stereocenters. The number of carbonyl (C=O) groups is 2.